The molecule has 0 unspecified atom stereocenters. The number of aryl methyl sites for hydroxylation is 1. The van der Waals surface area contributed by atoms with Crippen LogP contribution in [0.4, 0.5) is 6.01 Å². The molecule has 19 heavy (non-hydrogen) atoms. The molecule has 0 atom stereocenters. The number of aromatic nitrogens is 2. The van der Waals surface area contributed by atoms with E-state index in [-0.39, 0.29) is 0 Å². The van der Waals surface area contributed by atoms with Gasteiger partial charge in [0.25, 0.3) is 0 Å². The van der Waals surface area contributed by atoms with Crippen LogP contribution in [0.1, 0.15) is 44.9 Å². The van der Waals surface area contributed by atoms with Gasteiger partial charge in [-0.25, -0.2) is 0 Å². The minimum Gasteiger partial charge on any atom is -0.408 e. The maximum absolute atomic E-state index is 5.72. The Labute approximate surface area is 114 Å². The molecule has 1 aromatic rings. The van der Waals surface area contributed by atoms with E-state index in [0.29, 0.717) is 11.4 Å². The standard InChI is InChI=1S/C14H23N3O2/c1-2-3-12-15-16-13(19-12)17-8-4-14(5-9-17)6-10-18-11-7-14/h2-11H2,1H3. The van der Waals surface area contributed by atoms with E-state index in [4.69, 9.17) is 9.15 Å². The average Bonchev–Trinajstić information content (AvgIpc) is 2.90. The average molecular weight is 265 g/mol. The van der Waals surface area contributed by atoms with Crippen molar-refractivity contribution in [1.29, 1.82) is 0 Å². The number of hydrogen-bond donors (Lipinski definition) is 0. The molecule has 2 aliphatic heterocycles. The molecule has 0 aromatic carbocycles. The third-order valence-electron chi connectivity index (χ3n) is 4.57. The van der Waals surface area contributed by atoms with Crippen molar-refractivity contribution in [2.75, 3.05) is 31.2 Å². The molecule has 0 saturated carbocycles. The highest BCUT2D eigenvalue weighted by molar-refractivity contribution is 5.25. The van der Waals surface area contributed by atoms with E-state index < -0.39 is 0 Å². The van der Waals surface area contributed by atoms with E-state index in [2.05, 4.69) is 22.0 Å². The largest absolute Gasteiger partial charge is 0.408 e. The fraction of sp³-hybridized carbons (Fsp3) is 0.857. The van der Waals surface area contributed by atoms with Crippen LogP contribution in [0.15, 0.2) is 4.42 Å². The van der Waals surface area contributed by atoms with Gasteiger partial charge in [-0.05, 0) is 37.5 Å². The molecule has 0 aliphatic carbocycles. The summed E-state index contributed by atoms with van der Waals surface area (Å²) in [4.78, 5) is 2.24. The summed E-state index contributed by atoms with van der Waals surface area (Å²) < 4.78 is 11.2. The van der Waals surface area contributed by atoms with Crippen LogP contribution >= 0.6 is 0 Å². The Balaban J connectivity index is 1.59. The number of hydrogen-bond acceptors (Lipinski definition) is 5. The van der Waals surface area contributed by atoms with Crippen LogP contribution in [0, 0.1) is 5.41 Å². The molecule has 1 spiro atoms. The van der Waals surface area contributed by atoms with Gasteiger partial charge < -0.3 is 14.1 Å². The minimum atomic E-state index is 0.515. The lowest BCUT2D eigenvalue weighted by Gasteiger charge is -2.43. The molecule has 1 aromatic heterocycles. The van der Waals surface area contributed by atoms with Crippen molar-refractivity contribution in [2.24, 2.45) is 5.41 Å². The van der Waals surface area contributed by atoms with Gasteiger partial charge in [-0.1, -0.05) is 12.0 Å². The lowest BCUT2D eigenvalue weighted by Crippen LogP contribution is -2.43. The molecule has 5 nitrogen and oxygen atoms in total. The van der Waals surface area contributed by atoms with Crippen molar-refractivity contribution in [2.45, 2.75) is 45.4 Å². The Morgan fingerprint density at radius 3 is 2.53 bits per heavy atom. The quantitative estimate of drug-likeness (QED) is 0.840. The second kappa shape index (κ2) is 5.49. The van der Waals surface area contributed by atoms with Gasteiger partial charge in [-0.3, -0.25) is 0 Å². The molecule has 5 heteroatoms. The molecule has 0 N–H and O–H groups in total. The van der Waals surface area contributed by atoms with Crippen LogP contribution in [0.25, 0.3) is 0 Å². The van der Waals surface area contributed by atoms with Gasteiger partial charge in [0.1, 0.15) is 0 Å². The molecule has 0 radical (unpaired) electrons. The maximum atomic E-state index is 5.72. The summed E-state index contributed by atoms with van der Waals surface area (Å²) in [7, 11) is 0. The summed E-state index contributed by atoms with van der Waals surface area (Å²) in [5.41, 5.74) is 0.515. The summed E-state index contributed by atoms with van der Waals surface area (Å²) in [6.07, 6.45) is 6.80. The SMILES string of the molecule is CCCc1nnc(N2CCC3(CCOCC3)CC2)o1. The first-order chi connectivity index (χ1) is 9.31. The van der Waals surface area contributed by atoms with Crippen LogP contribution in [0.2, 0.25) is 0 Å². The Bertz CT molecular complexity index is 403. The Morgan fingerprint density at radius 2 is 1.84 bits per heavy atom. The molecule has 2 aliphatic rings. The predicted molar refractivity (Wildman–Crippen MR) is 72.2 cm³/mol. The van der Waals surface area contributed by atoms with Crippen LogP contribution in [0.5, 0.6) is 0 Å². The first-order valence-corrected chi connectivity index (χ1v) is 7.46. The van der Waals surface area contributed by atoms with Crippen molar-refractivity contribution in [3.63, 3.8) is 0 Å². The second-order valence-electron chi connectivity index (χ2n) is 5.83. The summed E-state index contributed by atoms with van der Waals surface area (Å²) in [6, 6.07) is 0.713. The third kappa shape index (κ3) is 2.76. The van der Waals surface area contributed by atoms with E-state index in [9.17, 15) is 0 Å². The summed E-state index contributed by atoms with van der Waals surface area (Å²) in [5.74, 6) is 0.767. The molecule has 2 saturated heterocycles. The van der Waals surface area contributed by atoms with Crippen LogP contribution in [-0.4, -0.2) is 36.5 Å². The van der Waals surface area contributed by atoms with Crippen molar-refractivity contribution < 1.29 is 9.15 Å². The van der Waals surface area contributed by atoms with Crippen molar-refractivity contribution in [3.05, 3.63) is 5.89 Å². The Hall–Kier alpha value is -1.10. The molecule has 3 heterocycles. The maximum Gasteiger partial charge on any atom is 0.318 e. The molecule has 3 rings (SSSR count). The van der Waals surface area contributed by atoms with Gasteiger partial charge in [0, 0.05) is 32.7 Å². The van der Waals surface area contributed by atoms with Gasteiger partial charge in [-0.15, -0.1) is 5.10 Å². The number of anilines is 1. The Kier molecular flexibility index (Phi) is 3.73. The zero-order valence-corrected chi connectivity index (χ0v) is 11.7. The summed E-state index contributed by atoms with van der Waals surface area (Å²) >= 11 is 0. The monoisotopic (exact) mass is 265 g/mol. The lowest BCUT2D eigenvalue weighted by molar-refractivity contribution is 0.00172. The highest BCUT2D eigenvalue weighted by Gasteiger charge is 2.37. The Morgan fingerprint density at radius 1 is 1.11 bits per heavy atom. The van der Waals surface area contributed by atoms with Gasteiger partial charge in [-0.2, -0.15) is 0 Å². The minimum absolute atomic E-state index is 0.515. The number of ether oxygens (including phenoxy) is 1. The van der Waals surface area contributed by atoms with E-state index in [1.165, 1.54) is 25.7 Å². The highest BCUT2D eigenvalue weighted by Crippen LogP contribution is 2.41. The van der Waals surface area contributed by atoms with Crippen molar-refractivity contribution in [1.82, 2.24) is 10.2 Å². The fourth-order valence-electron chi connectivity index (χ4n) is 3.16. The first kappa shape index (κ1) is 12.9. The summed E-state index contributed by atoms with van der Waals surface area (Å²) in [5, 5.41) is 8.28. The lowest BCUT2D eigenvalue weighted by atomic mass is 9.72. The second-order valence-corrected chi connectivity index (χ2v) is 5.83. The fourth-order valence-corrected chi connectivity index (χ4v) is 3.16. The van der Waals surface area contributed by atoms with Crippen LogP contribution in [-0.2, 0) is 11.2 Å². The van der Waals surface area contributed by atoms with Crippen LogP contribution in [0.3, 0.4) is 0 Å². The topological polar surface area (TPSA) is 51.4 Å². The number of piperidine rings is 1. The van der Waals surface area contributed by atoms with Crippen molar-refractivity contribution >= 4 is 6.01 Å². The van der Waals surface area contributed by atoms with Gasteiger partial charge in [0.2, 0.25) is 5.89 Å². The highest BCUT2D eigenvalue weighted by atomic mass is 16.5. The zero-order valence-electron chi connectivity index (χ0n) is 11.7. The zero-order chi connectivity index (χ0) is 13.1. The molecule has 2 fully saturated rings. The van der Waals surface area contributed by atoms with Crippen molar-refractivity contribution in [3.8, 4) is 0 Å². The van der Waals surface area contributed by atoms with Gasteiger partial charge in [0.05, 0.1) is 0 Å². The molecule has 106 valence electrons. The molecule has 0 bridgehead atoms. The van der Waals surface area contributed by atoms with E-state index in [1.54, 1.807) is 0 Å². The van der Waals surface area contributed by atoms with E-state index in [0.717, 1.165) is 45.0 Å². The first-order valence-electron chi connectivity index (χ1n) is 7.46. The van der Waals surface area contributed by atoms with Gasteiger partial charge in [0.15, 0.2) is 0 Å². The van der Waals surface area contributed by atoms with Gasteiger partial charge >= 0.3 is 6.01 Å². The van der Waals surface area contributed by atoms with E-state index in [1.807, 2.05) is 0 Å². The van der Waals surface area contributed by atoms with E-state index >= 15 is 0 Å². The summed E-state index contributed by atoms with van der Waals surface area (Å²) in [6.45, 7) is 6.06. The molecule has 0 amide bonds. The predicted octanol–water partition coefficient (Wildman–Crippen LogP) is 2.42. The molecular weight excluding hydrogens is 242 g/mol. The normalized spacial score (nSPS) is 22.9. The molecular formula is C14H23N3O2. The van der Waals surface area contributed by atoms with Crippen LogP contribution < -0.4 is 4.90 Å². The number of rotatable bonds is 3. The smallest absolute Gasteiger partial charge is 0.318 e. The number of nitrogens with zero attached hydrogens (tertiary/aromatic N) is 3. The third-order valence-corrected chi connectivity index (χ3v) is 4.57.